The Bertz CT molecular complexity index is 1340. The highest BCUT2D eigenvalue weighted by Gasteiger charge is 2.64. The van der Waals surface area contributed by atoms with E-state index in [1.165, 1.54) is 6.07 Å². The number of allylic oxidation sites excluding steroid dienone is 1. The number of methoxy groups -OCH3 is 1. The molecular weight excluding hydrogens is 497 g/mol. The number of phenols is 1. The summed E-state index contributed by atoms with van der Waals surface area (Å²) in [6, 6.07) is 0.568. The smallest absolute Gasteiger partial charge is 0.255 e. The maximum absolute atomic E-state index is 15.8. The van der Waals surface area contributed by atoms with E-state index in [1.807, 2.05) is 6.92 Å². The zero-order chi connectivity index (χ0) is 27.8. The molecule has 1 aromatic carbocycles. The van der Waals surface area contributed by atoms with Gasteiger partial charge in [-0.3, -0.25) is 24.2 Å². The summed E-state index contributed by atoms with van der Waals surface area (Å²) >= 11 is 0. The number of fused-ring (bicyclic) bond motifs is 3. The highest BCUT2D eigenvalue weighted by atomic mass is 19.1. The van der Waals surface area contributed by atoms with Gasteiger partial charge in [-0.2, -0.15) is 0 Å². The van der Waals surface area contributed by atoms with Crippen molar-refractivity contribution < 1.29 is 38.8 Å². The molecule has 5 N–H and O–H groups in total. The van der Waals surface area contributed by atoms with E-state index < -0.39 is 69.6 Å². The second-order valence-corrected chi connectivity index (χ2v) is 11.0. The predicted molar refractivity (Wildman–Crippen MR) is 133 cm³/mol. The van der Waals surface area contributed by atoms with E-state index in [-0.39, 0.29) is 35.1 Å². The van der Waals surface area contributed by atoms with Gasteiger partial charge in [0.1, 0.15) is 28.7 Å². The van der Waals surface area contributed by atoms with Crippen molar-refractivity contribution in [2.45, 2.75) is 50.4 Å². The number of aromatic hydroxyl groups is 1. The van der Waals surface area contributed by atoms with Crippen LogP contribution in [0.4, 0.5) is 4.39 Å². The first-order valence-corrected chi connectivity index (χ1v) is 12.6. The van der Waals surface area contributed by atoms with Crippen molar-refractivity contribution >= 4 is 17.5 Å². The first kappa shape index (κ1) is 26.3. The summed E-state index contributed by atoms with van der Waals surface area (Å²) in [6.07, 6.45) is 1.04. The van der Waals surface area contributed by atoms with Crippen molar-refractivity contribution in [3.8, 4) is 5.75 Å². The number of Topliss-reactive ketones (excluding diaryl/α,β-unsaturated/α-hetero) is 2. The third kappa shape index (κ3) is 3.38. The molecule has 0 bridgehead atoms. The quantitative estimate of drug-likeness (QED) is 0.416. The number of benzene rings is 1. The Morgan fingerprint density at radius 3 is 2.50 bits per heavy atom. The van der Waals surface area contributed by atoms with E-state index in [4.69, 9.17) is 10.5 Å². The molecule has 1 fully saturated rings. The van der Waals surface area contributed by atoms with Crippen molar-refractivity contribution in [1.82, 2.24) is 9.80 Å². The highest BCUT2D eigenvalue weighted by Crippen LogP contribution is 2.53. The van der Waals surface area contributed by atoms with Crippen LogP contribution in [-0.2, 0) is 27.3 Å². The summed E-state index contributed by atoms with van der Waals surface area (Å²) in [5.74, 6) is -6.94. The van der Waals surface area contributed by atoms with Crippen LogP contribution in [0.5, 0.6) is 5.75 Å². The molecule has 1 aliphatic heterocycles. The number of halogens is 1. The lowest BCUT2D eigenvalue weighted by Gasteiger charge is -2.51. The van der Waals surface area contributed by atoms with Gasteiger partial charge in [-0.1, -0.05) is 0 Å². The van der Waals surface area contributed by atoms with Crippen LogP contribution >= 0.6 is 0 Å². The molecule has 10 nitrogen and oxygen atoms in total. The maximum atomic E-state index is 15.8. The number of rotatable bonds is 5. The minimum absolute atomic E-state index is 0.0129. The topological polar surface area (TPSA) is 154 Å². The molecule has 1 amide bonds. The third-order valence-corrected chi connectivity index (χ3v) is 8.85. The number of phenolic OH excluding ortho intramolecular Hbond substituents is 1. The predicted octanol–water partition coefficient (Wildman–Crippen LogP) is 1.51. The fraction of sp³-hybridized carbons (Fsp3) is 0.519. The average Bonchev–Trinajstić information content (AvgIpc) is 2.83. The number of aliphatic hydroxyl groups is 2. The van der Waals surface area contributed by atoms with Gasteiger partial charge in [0, 0.05) is 48.9 Å². The van der Waals surface area contributed by atoms with Gasteiger partial charge < -0.3 is 25.8 Å². The van der Waals surface area contributed by atoms with Gasteiger partial charge in [0.25, 0.3) is 5.91 Å². The molecule has 5 atom stereocenters. The molecule has 5 rings (SSSR count). The molecule has 1 unspecified atom stereocenters. The monoisotopic (exact) mass is 529 g/mol. The molecule has 11 heteroatoms. The second-order valence-electron chi connectivity index (χ2n) is 11.0. The number of primary amides is 1. The zero-order valence-electron chi connectivity index (χ0n) is 21.7. The molecule has 1 heterocycles. The molecule has 0 spiro atoms. The van der Waals surface area contributed by atoms with Crippen molar-refractivity contribution in [3.05, 3.63) is 51.2 Å². The van der Waals surface area contributed by atoms with Crippen LogP contribution in [-0.4, -0.2) is 88.0 Å². The van der Waals surface area contributed by atoms with E-state index in [1.54, 1.807) is 19.0 Å². The lowest BCUT2D eigenvalue weighted by molar-refractivity contribution is -0.154. The molecule has 0 saturated carbocycles. The minimum atomic E-state index is -2.17. The van der Waals surface area contributed by atoms with E-state index in [9.17, 15) is 29.7 Å². The van der Waals surface area contributed by atoms with Crippen molar-refractivity contribution in [3.63, 3.8) is 0 Å². The van der Waals surface area contributed by atoms with Crippen LogP contribution in [0, 0.1) is 17.7 Å². The summed E-state index contributed by atoms with van der Waals surface area (Å²) in [4.78, 5) is 43.2. The van der Waals surface area contributed by atoms with Gasteiger partial charge >= 0.3 is 0 Å². The Balaban J connectivity index is 1.67. The Hall–Kier alpha value is -3.28. The summed E-state index contributed by atoms with van der Waals surface area (Å²) in [7, 11) is 4.40. The Labute approximate surface area is 219 Å². The molecule has 1 aromatic rings. The lowest BCUT2D eigenvalue weighted by Crippen LogP contribution is -2.64. The number of carbonyl (C=O) groups excluding carboxylic acids is 3. The zero-order valence-corrected chi connectivity index (χ0v) is 21.7. The number of nitrogens with zero attached hydrogens (tertiary/aromatic N) is 2. The van der Waals surface area contributed by atoms with Gasteiger partial charge in [0.15, 0.2) is 11.4 Å². The van der Waals surface area contributed by atoms with Gasteiger partial charge in [0.2, 0.25) is 5.78 Å². The van der Waals surface area contributed by atoms with E-state index in [0.29, 0.717) is 12.6 Å². The maximum Gasteiger partial charge on any atom is 0.255 e. The standard InChI is InChI=1S/C27H32FN3O7/c1-11-5-6-31(11)10-13-9-16(32)18-14(20(13)28)7-12-8-15-21(30(2)3)23(34)19(26(29)37)25(36)27(15,38-4)24(35)17(12)22(18)33/h9,11-12,15,21,32,34-35H,5-8,10H2,1-4H3,(H2,29,37)/t11?,12-,15-,21-,27-/m0/s1. The normalized spacial score (nSPS) is 31.2. The van der Waals surface area contributed by atoms with E-state index >= 15 is 4.39 Å². The number of hydrogen-bond donors (Lipinski definition) is 4. The second kappa shape index (κ2) is 8.89. The van der Waals surface area contributed by atoms with Crippen molar-refractivity contribution in [2.24, 2.45) is 17.6 Å². The molecule has 204 valence electrons. The average molecular weight is 530 g/mol. The fourth-order valence-electron chi connectivity index (χ4n) is 6.81. The summed E-state index contributed by atoms with van der Waals surface area (Å²) in [6.45, 7) is 3.14. The van der Waals surface area contributed by atoms with Gasteiger partial charge in [0.05, 0.1) is 11.6 Å². The summed E-state index contributed by atoms with van der Waals surface area (Å²) in [5.41, 5.74) is 2.45. The van der Waals surface area contributed by atoms with Crippen LogP contribution < -0.4 is 5.73 Å². The van der Waals surface area contributed by atoms with Gasteiger partial charge in [-0.25, -0.2) is 4.39 Å². The lowest BCUT2D eigenvalue weighted by atomic mass is 9.58. The van der Waals surface area contributed by atoms with E-state index in [0.717, 1.165) is 20.1 Å². The van der Waals surface area contributed by atoms with Crippen molar-refractivity contribution in [2.75, 3.05) is 27.7 Å². The fourth-order valence-corrected chi connectivity index (χ4v) is 6.81. The molecule has 0 aromatic heterocycles. The number of likely N-dealkylation sites (N-methyl/N-ethyl adjacent to an activating group) is 1. The number of aliphatic hydroxyl groups excluding tert-OH is 2. The SMILES string of the molecule is CO[C@@]12C(=O)C(C(N)=O)=C(O)[C@@H](N(C)C)[C@@H]1C[C@@H]1Cc3c(F)c(CN4CCC4C)cc(O)c3C(=O)C1=C2O. The molecule has 38 heavy (non-hydrogen) atoms. The van der Waals surface area contributed by atoms with Crippen LogP contribution in [0.15, 0.2) is 28.7 Å². The van der Waals surface area contributed by atoms with Crippen LogP contribution in [0.3, 0.4) is 0 Å². The number of amides is 1. The van der Waals surface area contributed by atoms with Crippen molar-refractivity contribution in [1.29, 1.82) is 0 Å². The van der Waals surface area contributed by atoms with Crippen LogP contribution in [0.1, 0.15) is 41.3 Å². The van der Waals surface area contributed by atoms with Gasteiger partial charge in [-0.15, -0.1) is 0 Å². The molecular formula is C27H32FN3O7. The number of nitrogens with two attached hydrogens (primary N) is 1. The number of hydrogen-bond acceptors (Lipinski definition) is 9. The number of ketones is 2. The summed E-state index contributed by atoms with van der Waals surface area (Å²) in [5, 5.41) is 33.3. The number of carbonyl (C=O) groups is 3. The Morgan fingerprint density at radius 2 is 1.97 bits per heavy atom. The van der Waals surface area contributed by atoms with Gasteiger partial charge in [-0.05, 0) is 52.3 Å². The molecule has 4 aliphatic rings. The Kier molecular flexibility index (Phi) is 6.16. The Morgan fingerprint density at radius 1 is 1.29 bits per heavy atom. The first-order valence-electron chi connectivity index (χ1n) is 12.6. The largest absolute Gasteiger partial charge is 0.510 e. The number of likely N-dealkylation sites (tertiary alicyclic amines) is 1. The number of ether oxygens (including phenoxy) is 1. The highest BCUT2D eigenvalue weighted by molar-refractivity contribution is 6.25. The van der Waals surface area contributed by atoms with Crippen LogP contribution in [0.2, 0.25) is 0 Å². The molecule has 1 saturated heterocycles. The molecule has 3 aliphatic carbocycles. The first-order chi connectivity index (χ1) is 17.9. The third-order valence-electron chi connectivity index (χ3n) is 8.85. The van der Waals surface area contributed by atoms with Crippen LogP contribution in [0.25, 0.3) is 0 Å². The van der Waals surface area contributed by atoms with E-state index in [2.05, 4.69) is 4.90 Å². The minimum Gasteiger partial charge on any atom is -0.510 e. The molecule has 0 radical (unpaired) electrons. The summed E-state index contributed by atoms with van der Waals surface area (Å²) < 4.78 is 21.4.